The smallest absolute Gasteiger partial charge is 0.240 e. The fourth-order valence-electron chi connectivity index (χ4n) is 2.85. The summed E-state index contributed by atoms with van der Waals surface area (Å²) in [6.07, 6.45) is 0.978. The molecule has 3 rings (SSSR count). The molecule has 1 atom stereocenters. The Bertz CT molecular complexity index is 792. The quantitative estimate of drug-likeness (QED) is 0.899. The third-order valence-corrected chi connectivity index (χ3v) is 5.65. The lowest BCUT2D eigenvalue weighted by Gasteiger charge is -2.17. The monoisotopic (exact) mass is 344 g/mol. The molecule has 0 spiro atoms. The van der Waals surface area contributed by atoms with Gasteiger partial charge in [-0.2, -0.15) is 0 Å². The van der Waals surface area contributed by atoms with E-state index in [9.17, 15) is 13.2 Å². The molecule has 0 aliphatic carbocycles. The molecule has 1 saturated heterocycles. The van der Waals surface area contributed by atoms with Gasteiger partial charge in [-0.1, -0.05) is 48.5 Å². The summed E-state index contributed by atoms with van der Waals surface area (Å²) in [6.45, 7) is 0.991. The summed E-state index contributed by atoms with van der Waals surface area (Å²) in [5, 5.41) is 0. The van der Waals surface area contributed by atoms with Crippen LogP contribution in [0.5, 0.6) is 0 Å². The predicted octanol–water partition coefficient (Wildman–Crippen LogP) is 1.81. The van der Waals surface area contributed by atoms with Gasteiger partial charge in [0.05, 0.1) is 11.3 Å². The van der Waals surface area contributed by atoms with Crippen molar-refractivity contribution in [2.24, 2.45) is 0 Å². The summed E-state index contributed by atoms with van der Waals surface area (Å²) in [5.74, 6) is 0.0302. The normalized spacial score (nSPS) is 17.8. The van der Waals surface area contributed by atoms with Gasteiger partial charge in [0, 0.05) is 19.1 Å². The van der Waals surface area contributed by atoms with Crippen LogP contribution < -0.4 is 4.72 Å². The molecule has 0 radical (unpaired) electrons. The average molecular weight is 344 g/mol. The van der Waals surface area contributed by atoms with E-state index in [1.54, 1.807) is 35.2 Å². The van der Waals surface area contributed by atoms with E-state index in [1.165, 1.54) is 0 Å². The molecule has 1 fully saturated rings. The van der Waals surface area contributed by atoms with E-state index in [4.69, 9.17) is 0 Å². The maximum Gasteiger partial charge on any atom is 0.240 e. The minimum absolute atomic E-state index is 0.0302. The number of nitrogens with one attached hydrogen (secondary N) is 1. The minimum Gasteiger partial charge on any atom is -0.341 e. The van der Waals surface area contributed by atoms with Crippen LogP contribution in [0.15, 0.2) is 65.6 Å². The molecule has 1 heterocycles. The maximum atomic E-state index is 12.3. The topological polar surface area (TPSA) is 66.5 Å². The van der Waals surface area contributed by atoms with Crippen LogP contribution >= 0.6 is 0 Å². The molecular weight excluding hydrogens is 324 g/mol. The number of nitrogens with zero attached hydrogens (tertiary/aromatic N) is 1. The fraction of sp³-hybridized carbons (Fsp3) is 0.278. The highest BCUT2D eigenvalue weighted by Gasteiger charge is 2.29. The Morgan fingerprint density at radius 1 is 1.04 bits per heavy atom. The summed E-state index contributed by atoms with van der Waals surface area (Å²) in [4.78, 5) is 14.3. The minimum atomic E-state index is -3.54. The zero-order valence-electron chi connectivity index (χ0n) is 13.3. The van der Waals surface area contributed by atoms with Crippen molar-refractivity contribution in [1.29, 1.82) is 0 Å². The van der Waals surface area contributed by atoms with Gasteiger partial charge in [-0.15, -0.1) is 0 Å². The van der Waals surface area contributed by atoms with Gasteiger partial charge in [0.1, 0.15) is 0 Å². The molecule has 1 N–H and O–H groups in total. The molecular formula is C18H20N2O3S. The zero-order valence-corrected chi connectivity index (χ0v) is 14.1. The first-order valence-corrected chi connectivity index (χ1v) is 9.42. The fourth-order valence-corrected chi connectivity index (χ4v) is 4.14. The Kier molecular flexibility index (Phi) is 4.97. The number of amides is 1. The molecule has 0 saturated carbocycles. The van der Waals surface area contributed by atoms with Crippen molar-refractivity contribution in [2.75, 3.05) is 13.1 Å². The number of likely N-dealkylation sites (tertiary alicyclic amines) is 1. The molecule has 2 aromatic carbocycles. The highest BCUT2D eigenvalue weighted by Crippen LogP contribution is 2.15. The third-order valence-electron chi connectivity index (χ3n) is 4.11. The SMILES string of the molecule is O=C(Cc1ccccc1)N1CC[C@H](NS(=O)(=O)c2ccccc2)C1. The number of rotatable bonds is 5. The van der Waals surface area contributed by atoms with Crippen LogP contribution in [0.4, 0.5) is 0 Å². The van der Waals surface area contributed by atoms with E-state index >= 15 is 0 Å². The van der Waals surface area contributed by atoms with Crippen LogP contribution in [-0.4, -0.2) is 38.4 Å². The standard InChI is InChI=1S/C18H20N2O3S/c21-18(13-15-7-3-1-4-8-15)20-12-11-16(14-20)19-24(22,23)17-9-5-2-6-10-17/h1-10,16,19H,11-14H2/t16-/m0/s1. The van der Waals surface area contributed by atoms with Crippen molar-refractivity contribution in [3.05, 3.63) is 66.2 Å². The Balaban J connectivity index is 1.58. The highest BCUT2D eigenvalue weighted by molar-refractivity contribution is 7.89. The molecule has 0 aromatic heterocycles. The van der Waals surface area contributed by atoms with Crippen molar-refractivity contribution in [2.45, 2.75) is 23.8 Å². The second-order valence-electron chi connectivity index (χ2n) is 5.92. The zero-order chi connectivity index (χ0) is 17.0. The van der Waals surface area contributed by atoms with E-state index in [2.05, 4.69) is 4.72 Å². The van der Waals surface area contributed by atoms with E-state index in [1.807, 2.05) is 30.3 Å². The lowest BCUT2D eigenvalue weighted by atomic mass is 10.1. The van der Waals surface area contributed by atoms with Crippen molar-refractivity contribution < 1.29 is 13.2 Å². The van der Waals surface area contributed by atoms with Crippen molar-refractivity contribution in [1.82, 2.24) is 9.62 Å². The molecule has 0 bridgehead atoms. The molecule has 6 heteroatoms. The Morgan fingerprint density at radius 2 is 1.67 bits per heavy atom. The van der Waals surface area contributed by atoms with E-state index in [0.717, 1.165) is 5.56 Å². The van der Waals surface area contributed by atoms with Crippen molar-refractivity contribution in [3.63, 3.8) is 0 Å². The van der Waals surface area contributed by atoms with Crippen LogP contribution in [0.1, 0.15) is 12.0 Å². The highest BCUT2D eigenvalue weighted by atomic mass is 32.2. The molecule has 0 unspecified atom stereocenters. The van der Waals surface area contributed by atoms with E-state index in [-0.39, 0.29) is 16.8 Å². The Morgan fingerprint density at radius 3 is 2.33 bits per heavy atom. The summed E-state index contributed by atoms with van der Waals surface area (Å²) in [7, 11) is -3.54. The van der Waals surface area contributed by atoms with Crippen molar-refractivity contribution in [3.8, 4) is 0 Å². The van der Waals surface area contributed by atoms with Gasteiger partial charge in [0.2, 0.25) is 15.9 Å². The van der Waals surface area contributed by atoms with Gasteiger partial charge in [0.25, 0.3) is 0 Å². The van der Waals surface area contributed by atoms with Crippen molar-refractivity contribution >= 4 is 15.9 Å². The summed E-state index contributed by atoms with van der Waals surface area (Å²) in [5.41, 5.74) is 0.968. The van der Waals surface area contributed by atoms with Crippen LogP contribution in [0.2, 0.25) is 0 Å². The first-order valence-electron chi connectivity index (χ1n) is 7.94. The second-order valence-corrected chi connectivity index (χ2v) is 7.64. The number of sulfonamides is 1. The van der Waals surface area contributed by atoms with Gasteiger partial charge in [-0.25, -0.2) is 13.1 Å². The molecule has 126 valence electrons. The van der Waals surface area contributed by atoms with Crippen LogP contribution in [-0.2, 0) is 21.2 Å². The number of hydrogen-bond acceptors (Lipinski definition) is 3. The predicted molar refractivity (Wildman–Crippen MR) is 91.9 cm³/mol. The number of hydrogen-bond donors (Lipinski definition) is 1. The average Bonchev–Trinajstić information content (AvgIpc) is 3.04. The van der Waals surface area contributed by atoms with Gasteiger partial charge in [0.15, 0.2) is 0 Å². The van der Waals surface area contributed by atoms with Crippen LogP contribution in [0, 0.1) is 0 Å². The Hall–Kier alpha value is -2.18. The van der Waals surface area contributed by atoms with Gasteiger partial charge >= 0.3 is 0 Å². The lowest BCUT2D eigenvalue weighted by Crippen LogP contribution is -2.38. The molecule has 1 aliphatic heterocycles. The molecule has 24 heavy (non-hydrogen) atoms. The van der Waals surface area contributed by atoms with Gasteiger partial charge in [-0.05, 0) is 24.1 Å². The molecule has 1 amide bonds. The number of benzene rings is 2. The summed E-state index contributed by atoms with van der Waals surface area (Å²) >= 11 is 0. The molecule has 5 nitrogen and oxygen atoms in total. The largest absolute Gasteiger partial charge is 0.341 e. The first kappa shape index (κ1) is 16.7. The van der Waals surface area contributed by atoms with Gasteiger partial charge in [-0.3, -0.25) is 4.79 Å². The summed E-state index contributed by atoms with van der Waals surface area (Å²) in [6, 6.07) is 17.6. The molecule has 2 aromatic rings. The first-order chi connectivity index (χ1) is 11.5. The maximum absolute atomic E-state index is 12.3. The Labute approximate surface area is 142 Å². The van der Waals surface area contributed by atoms with Crippen LogP contribution in [0.3, 0.4) is 0 Å². The van der Waals surface area contributed by atoms with Gasteiger partial charge < -0.3 is 4.90 Å². The molecule has 1 aliphatic rings. The van der Waals surface area contributed by atoms with E-state index < -0.39 is 10.0 Å². The second kappa shape index (κ2) is 7.15. The number of carbonyl (C=O) groups is 1. The lowest BCUT2D eigenvalue weighted by molar-refractivity contribution is -0.129. The third kappa shape index (κ3) is 4.01. The number of carbonyl (C=O) groups excluding carboxylic acids is 1. The van der Waals surface area contributed by atoms with Crippen LogP contribution in [0.25, 0.3) is 0 Å². The summed E-state index contributed by atoms with van der Waals surface area (Å²) < 4.78 is 27.4. The van der Waals surface area contributed by atoms with E-state index in [0.29, 0.717) is 25.9 Å².